The number of likely N-dealkylation sites (tertiary alicyclic amines) is 1. The minimum atomic E-state index is 0.649. The van der Waals surface area contributed by atoms with E-state index in [4.69, 9.17) is 4.74 Å². The van der Waals surface area contributed by atoms with Crippen molar-refractivity contribution < 1.29 is 4.74 Å². The van der Waals surface area contributed by atoms with Gasteiger partial charge in [0, 0.05) is 43.6 Å². The van der Waals surface area contributed by atoms with E-state index in [0.717, 1.165) is 31.9 Å². The van der Waals surface area contributed by atoms with E-state index in [0.29, 0.717) is 12.6 Å². The van der Waals surface area contributed by atoms with Crippen LogP contribution in [0.5, 0.6) is 5.75 Å². The predicted octanol–water partition coefficient (Wildman–Crippen LogP) is 3.97. The van der Waals surface area contributed by atoms with Crippen molar-refractivity contribution in [2.24, 2.45) is 0 Å². The van der Waals surface area contributed by atoms with Crippen LogP contribution < -0.4 is 4.74 Å². The Balaban J connectivity index is 1.76. The molecule has 2 aromatic rings. The molecule has 0 aliphatic carbocycles. The molecule has 3 rings (SSSR count). The van der Waals surface area contributed by atoms with Gasteiger partial charge in [-0.05, 0) is 50.6 Å². The van der Waals surface area contributed by atoms with Crippen molar-refractivity contribution in [1.82, 2.24) is 14.8 Å². The average Bonchev–Trinajstić information content (AvgIpc) is 3.11. The molecular formula is C22H31N3O. The lowest BCUT2D eigenvalue weighted by molar-refractivity contribution is 0.164. The minimum absolute atomic E-state index is 0.649. The van der Waals surface area contributed by atoms with Crippen molar-refractivity contribution in [3.63, 3.8) is 0 Å². The van der Waals surface area contributed by atoms with Gasteiger partial charge in [0.25, 0.3) is 0 Å². The van der Waals surface area contributed by atoms with E-state index in [1.807, 2.05) is 25.4 Å². The Morgan fingerprint density at radius 3 is 2.81 bits per heavy atom. The normalized spacial score (nSPS) is 17.7. The van der Waals surface area contributed by atoms with E-state index in [2.05, 4.69) is 52.0 Å². The summed E-state index contributed by atoms with van der Waals surface area (Å²) in [4.78, 5) is 9.46. The summed E-state index contributed by atoms with van der Waals surface area (Å²) in [5.74, 6) is 1.00. The Morgan fingerprint density at radius 2 is 2.04 bits per heavy atom. The average molecular weight is 354 g/mol. The molecule has 4 nitrogen and oxygen atoms in total. The van der Waals surface area contributed by atoms with Crippen LogP contribution in [0.1, 0.15) is 37.8 Å². The maximum absolute atomic E-state index is 5.85. The topological polar surface area (TPSA) is 28.6 Å². The van der Waals surface area contributed by atoms with Crippen LogP contribution in [0.15, 0.2) is 48.8 Å². The zero-order valence-electron chi connectivity index (χ0n) is 16.1. The predicted molar refractivity (Wildman–Crippen MR) is 106 cm³/mol. The first-order valence-electron chi connectivity index (χ1n) is 9.86. The van der Waals surface area contributed by atoms with Gasteiger partial charge in [-0.3, -0.25) is 14.8 Å². The van der Waals surface area contributed by atoms with Crippen molar-refractivity contribution in [2.45, 2.75) is 45.8 Å². The monoisotopic (exact) mass is 353 g/mol. The third-order valence-electron chi connectivity index (χ3n) is 5.17. The molecule has 4 heteroatoms. The van der Waals surface area contributed by atoms with E-state index < -0.39 is 0 Å². The summed E-state index contributed by atoms with van der Waals surface area (Å²) >= 11 is 0. The molecule has 0 N–H and O–H groups in total. The third-order valence-corrected chi connectivity index (χ3v) is 5.17. The molecule has 1 atom stereocenters. The minimum Gasteiger partial charge on any atom is -0.494 e. The molecule has 1 aliphatic heterocycles. The van der Waals surface area contributed by atoms with E-state index in [1.54, 1.807) is 0 Å². The molecule has 26 heavy (non-hydrogen) atoms. The lowest BCUT2D eigenvalue weighted by Crippen LogP contribution is -2.39. The van der Waals surface area contributed by atoms with Crippen molar-refractivity contribution in [3.8, 4) is 5.75 Å². The van der Waals surface area contributed by atoms with Gasteiger partial charge in [0.05, 0.1) is 6.61 Å². The number of hydrogen-bond acceptors (Lipinski definition) is 4. The Hall–Kier alpha value is -1.91. The van der Waals surface area contributed by atoms with Crippen molar-refractivity contribution >= 4 is 0 Å². The van der Waals surface area contributed by atoms with E-state index in [9.17, 15) is 0 Å². The van der Waals surface area contributed by atoms with Crippen LogP contribution >= 0.6 is 0 Å². The second kappa shape index (κ2) is 9.70. The first-order valence-corrected chi connectivity index (χ1v) is 9.86. The highest BCUT2D eigenvalue weighted by Gasteiger charge is 2.25. The summed E-state index contributed by atoms with van der Waals surface area (Å²) in [6.07, 6.45) is 6.43. The molecule has 0 bridgehead atoms. The van der Waals surface area contributed by atoms with Gasteiger partial charge >= 0.3 is 0 Å². The number of aromatic nitrogens is 1. The molecule has 0 spiro atoms. The fraction of sp³-hybridized carbons (Fsp3) is 0.500. The van der Waals surface area contributed by atoms with Crippen LogP contribution in [0.4, 0.5) is 0 Å². The summed E-state index contributed by atoms with van der Waals surface area (Å²) in [6.45, 7) is 10.3. The molecule has 0 saturated carbocycles. The van der Waals surface area contributed by atoms with Crippen LogP contribution in [0, 0.1) is 0 Å². The molecule has 0 amide bonds. The molecule has 2 heterocycles. The lowest BCUT2D eigenvalue weighted by atomic mass is 10.1. The number of hydrogen-bond donors (Lipinski definition) is 0. The van der Waals surface area contributed by atoms with Crippen molar-refractivity contribution in [1.29, 1.82) is 0 Å². The fourth-order valence-electron chi connectivity index (χ4n) is 3.92. The van der Waals surface area contributed by atoms with Gasteiger partial charge in [-0.1, -0.05) is 31.2 Å². The SMILES string of the molecule is CCOc1ccccc1CN(Cc1cccnc1)C[C@H]1CCCN1CC. The lowest BCUT2D eigenvalue weighted by Gasteiger charge is -2.30. The largest absolute Gasteiger partial charge is 0.494 e. The molecule has 1 saturated heterocycles. The molecule has 0 unspecified atom stereocenters. The first kappa shape index (κ1) is 18.9. The standard InChI is InChI=1S/C22H31N3O/c1-3-25-14-8-11-21(25)18-24(16-19-9-7-13-23-15-19)17-20-10-5-6-12-22(20)26-4-2/h5-7,9-10,12-13,15,21H,3-4,8,11,14,16-18H2,1-2H3/t21-/m1/s1. The van der Waals surface area contributed by atoms with E-state index >= 15 is 0 Å². The van der Waals surface area contributed by atoms with Gasteiger partial charge < -0.3 is 4.74 Å². The molecule has 1 aromatic carbocycles. The van der Waals surface area contributed by atoms with E-state index in [-0.39, 0.29) is 0 Å². The van der Waals surface area contributed by atoms with Crippen molar-refractivity contribution in [3.05, 3.63) is 59.9 Å². The maximum atomic E-state index is 5.85. The Bertz CT molecular complexity index is 661. The number of para-hydroxylation sites is 1. The molecular weight excluding hydrogens is 322 g/mol. The van der Waals surface area contributed by atoms with Crippen LogP contribution in [0.2, 0.25) is 0 Å². The summed E-state index contributed by atoms with van der Waals surface area (Å²) in [5, 5.41) is 0. The second-order valence-corrected chi connectivity index (χ2v) is 7.00. The highest BCUT2D eigenvalue weighted by Crippen LogP contribution is 2.23. The van der Waals surface area contributed by atoms with E-state index in [1.165, 1.54) is 30.5 Å². The summed E-state index contributed by atoms with van der Waals surface area (Å²) in [7, 11) is 0. The van der Waals surface area contributed by atoms with Gasteiger partial charge in [0.15, 0.2) is 0 Å². The van der Waals surface area contributed by atoms with Crippen LogP contribution in [-0.4, -0.2) is 47.1 Å². The van der Waals surface area contributed by atoms with Gasteiger partial charge in [-0.15, -0.1) is 0 Å². The van der Waals surface area contributed by atoms with Crippen molar-refractivity contribution in [2.75, 3.05) is 26.2 Å². The second-order valence-electron chi connectivity index (χ2n) is 7.00. The summed E-state index contributed by atoms with van der Waals surface area (Å²) in [5.41, 5.74) is 2.53. The first-order chi connectivity index (χ1) is 12.8. The molecule has 1 fully saturated rings. The molecule has 1 aliphatic rings. The van der Waals surface area contributed by atoms with Crippen LogP contribution in [0.25, 0.3) is 0 Å². The number of ether oxygens (including phenoxy) is 1. The maximum Gasteiger partial charge on any atom is 0.123 e. The number of likely N-dealkylation sites (N-methyl/N-ethyl adjacent to an activating group) is 1. The quantitative estimate of drug-likeness (QED) is 0.682. The van der Waals surface area contributed by atoms with Gasteiger partial charge in [0.1, 0.15) is 5.75 Å². The smallest absolute Gasteiger partial charge is 0.123 e. The van der Waals surface area contributed by atoms with Gasteiger partial charge in [0.2, 0.25) is 0 Å². The third kappa shape index (κ3) is 5.05. The summed E-state index contributed by atoms with van der Waals surface area (Å²) < 4.78 is 5.85. The Kier molecular flexibility index (Phi) is 7.04. The number of benzene rings is 1. The Labute approximate surface area is 157 Å². The Morgan fingerprint density at radius 1 is 1.15 bits per heavy atom. The molecule has 140 valence electrons. The number of rotatable bonds is 9. The van der Waals surface area contributed by atoms with Gasteiger partial charge in [-0.2, -0.15) is 0 Å². The zero-order chi connectivity index (χ0) is 18.2. The number of pyridine rings is 1. The van der Waals surface area contributed by atoms with Gasteiger partial charge in [-0.25, -0.2) is 0 Å². The highest BCUT2D eigenvalue weighted by molar-refractivity contribution is 5.33. The highest BCUT2D eigenvalue weighted by atomic mass is 16.5. The molecule has 1 aromatic heterocycles. The molecule has 0 radical (unpaired) electrons. The zero-order valence-corrected chi connectivity index (χ0v) is 16.1. The van der Waals surface area contributed by atoms with Crippen LogP contribution in [0.3, 0.4) is 0 Å². The summed E-state index contributed by atoms with van der Waals surface area (Å²) in [6, 6.07) is 13.3. The number of nitrogens with zero attached hydrogens (tertiary/aromatic N) is 3. The van der Waals surface area contributed by atoms with Crippen LogP contribution in [-0.2, 0) is 13.1 Å². The fourth-order valence-corrected chi connectivity index (χ4v) is 3.92.